The number of piperidine rings is 2. The summed E-state index contributed by atoms with van der Waals surface area (Å²) in [6.45, 7) is 13.0. The maximum absolute atomic E-state index is 12.7. The molecule has 3 fully saturated rings. The van der Waals surface area contributed by atoms with Crippen molar-refractivity contribution in [2.75, 3.05) is 22.9 Å². The van der Waals surface area contributed by atoms with Gasteiger partial charge in [-0.1, -0.05) is 6.92 Å². The molecule has 0 aromatic heterocycles. The van der Waals surface area contributed by atoms with Crippen LogP contribution in [-0.4, -0.2) is 53.7 Å². The Labute approximate surface area is 185 Å². The molecular weight excluding hydrogens is 392 g/mol. The summed E-state index contributed by atoms with van der Waals surface area (Å²) in [5.41, 5.74) is 9.20. The molecule has 7 nitrogen and oxygen atoms in total. The number of carbonyl (C=O) groups is 2. The summed E-state index contributed by atoms with van der Waals surface area (Å²) < 4.78 is 5.63. The van der Waals surface area contributed by atoms with E-state index in [2.05, 4.69) is 30.9 Å². The third kappa shape index (κ3) is 3.88. The van der Waals surface area contributed by atoms with Crippen molar-refractivity contribution in [2.24, 2.45) is 11.7 Å². The lowest BCUT2D eigenvalue weighted by atomic mass is 9.83. The quantitative estimate of drug-likeness (QED) is 0.738. The van der Waals surface area contributed by atoms with Crippen molar-refractivity contribution in [1.29, 1.82) is 0 Å². The van der Waals surface area contributed by atoms with Crippen LogP contribution in [0.1, 0.15) is 66.0 Å². The summed E-state index contributed by atoms with van der Waals surface area (Å²) >= 11 is 0. The number of ether oxygens (including phenoxy) is 1. The van der Waals surface area contributed by atoms with Crippen LogP contribution in [0.3, 0.4) is 0 Å². The second-order valence-corrected chi connectivity index (χ2v) is 10.4. The second-order valence-electron chi connectivity index (χ2n) is 10.4. The third-order valence-corrected chi connectivity index (χ3v) is 7.19. The molecule has 1 aromatic carbocycles. The molecule has 3 saturated heterocycles. The number of anilines is 2. The molecule has 7 heteroatoms. The van der Waals surface area contributed by atoms with Gasteiger partial charge in [0.05, 0.1) is 6.04 Å². The van der Waals surface area contributed by atoms with E-state index in [1.807, 2.05) is 36.6 Å². The summed E-state index contributed by atoms with van der Waals surface area (Å²) in [5.74, 6) is 0.220. The molecule has 4 aliphatic rings. The van der Waals surface area contributed by atoms with Crippen LogP contribution < -0.4 is 15.5 Å². The van der Waals surface area contributed by atoms with Crippen LogP contribution in [0.15, 0.2) is 18.2 Å². The largest absolute Gasteiger partial charge is 0.444 e. The predicted octanol–water partition coefficient (Wildman–Crippen LogP) is 3.67. The van der Waals surface area contributed by atoms with Crippen molar-refractivity contribution in [3.63, 3.8) is 0 Å². The zero-order valence-electron chi connectivity index (χ0n) is 19.6. The molecule has 1 aromatic rings. The lowest BCUT2D eigenvalue weighted by molar-refractivity contribution is -0.117. The van der Waals surface area contributed by atoms with Crippen LogP contribution in [0.2, 0.25) is 0 Å². The maximum Gasteiger partial charge on any atom is 0.410 e. The molecule has 170 valence electrons. The summed E-state index contributed by atoms with van der Waals surface area (Å²) in [6.07, 6.45) is 1.84. The van der Waals surface area contributed by atoms with Gasteiger partial charge in [0.15, 0.2) is 0 Å². The minimum absolute atomic E-state index is 0.0466. The fraction of sp³-hybridized carbons (Fsp3) is 0.667. The number of rotatable bonds is 1. The number of hydrogen-bond donors (Lipinski definition) is 1. The summed E-state index contributed by atoms with van der Waals surface area (Å²) in [5, 5.41) is 0. The first-order chi connectivity index (χ1) is 14.5. The minimum atomic E-state index is -0.488. The highest BCUT2D eigenvalue weighted by atomic mass is 16.6. The van der Waals surface area contributed by atoms with Gasteiger partial charge in [0.25, 0.3) is 0 Å². The van der Waals surface area contributed by atoms with E-state index in [9.17, 15) is 9.59 Å². The van der Waals surface area contributed by atoms with E-state index in [1.54, 1.807) is 6.92 Å². The van der Waals surface area contributed by atoms with Crippen LogP contribution in [0.5, 0.6) is 0 Å². The molecule has 0 aliphatic carbocycles. The molecular formula is C24H36N4O3. The number of hydrogen-bond acceptors (Lipinski definition) is 5. The van der Waals surface area contributed by atoms with Gasteiger partial charge >= 0.3 is 6.09 Å². The number of carbonyl (C=O) groups excluding carboxylic acids is 2. The molecule has 0 radical (unpaired) electrons. The number of amides is 2. The van der Waals surface area contributed by atoms with E-state index in [1.165, 1.54) is 0 Å². The van der Waals surface area contributed by atoms with E-state index in [0.717, 1.165) is 36.3 Å². The fourth-order valence-corrected chi connectivity index (χ4v) is 5.39. The highest BCUT2D eigenvalue weighted by Gasteiger charge is 2.43. The van der Waals surface area contributed by atoms with Gasteiger partial charge in [-0.2, -0.15) is 0 Å². The highest BCUT2D eigenvalue weighted by Crippen LogP contribution is 2.42. The Kier molecular flexibility index (Phi) is 5.44. The van der Waals surface area contributed by atoms with Gasteiger partial charge in [-0.15, -0.1) is 0 Å². The Hall–Kier alpha value is -2.28. The number of benzene rings is 1. The number of piperazine rings is 1. The monoisotopic (exact) mass is 428 g/mol. The number of nitrogens with zero attached hydrogens (tertiary/aromatic N) is 3. The Morgan fingerprint density at radius 2 is 1.77 bits per heavy atom. The summed E-state index contributed by atoms with van der Waals surface area (Å²) in [7, 11) is 0. The normalized spacial score (nSPS) is 30.3. The molecule has 0 spiro atoms. The van der Waals surface area contributed by atoms with Crippen LogP contribution in [0, 0.1) is 5.92 Å². The molecule has 31 heavy (non-hydrogen) atoms. The molecule has 5 atom stereocenters. The van der Waals surface area contributed by atoms with E-state index >= 15 is 0 Å². The second kappa shape index (κ2) is 7.69. The van der Waals surface area contributed by atoms with Crippen LogP contribution >= 0.6 is 0 Å². The van der Waals surface area contributed by atoms with Crippen LogP contribution in [0.25, 0.3) is 0 Å². The summed E-state index contributed by atoms with van der Waals surface area (Å²) in [6, 6.07) is 6.68. The zero-order chi connectivity index (χ0) is 22.7. The topological polar surface area (TPSA) is 79.1 Å². The molecule has 0 saturated carbocycles. The highest BCUT2D eigenvalue weighted by molar-refractivity contribution is 5.94. The molecule has 5 rings (SSSR count). The Balaban J connectivity index is 1.59. The van der Waals surface area contributed by atoms with Crippen molar-refractivity contribution in [3.05, 3.63) is 23.8 Å². The molecule has 4 heterocycles. The van der Waals surface area contributed by atoms with Crippen molar-refractivity contribution in [1.82, 2.24) is 4.90 Å². The Morgan fingerprint density at radius 3 is 2.35 bits per heavy atom. The van der Waals surface area contributed by atoms with Crippen molar-refractivity contribution in [3.8, 4) is 0 Å². The van der Waals surface area contributed by atoms with E-state index in [-0.39, 0.29) is 42.1 Å². The molecule has 2 bridgehead atoms. The van der Waals surface area contributed by atoms with Crippen LogP contribution in [0.4, 0.5) is 16.2 Å². The van der Waals surface area contributed by atoms with Crippen molar-refractivity contribution < 1.29 is 14.3 Å². The van der Waals surface area contributed by atoms with Gasteiger partial charge < -0.3 is 25.2 Å². The molecule has 5 unspecified atom stereocenters. The molecule has 2 amide bonds. The molecule has 4 aliphatic heterocycles. The minimum Gasteiger partial charge on any atom is -0.444 e. The standard InChI is InChI=1S/C24H36N4O3/c1-14-15(2)28(16(3)29)21-10-9-17(11-20(21)22(14)25)26-12-19-8-7-18(26)13-27(19)23(30)31-24(4,5)6/h9-11,14-15,18-19,22H,7-8,12-13,25H2,1-6H3. The Bertz CT molecular complexity index is 880. The lowest BCUT2D eigenvalue weighted by Gasteiger charge is -2.52. The van der Waals surface area contributed by atoms with Crippen LogP contribution in [-0.2, 0) is 9.53 Å². The number of fused-ring (bicyclic) bond motifs is 4. The zero-order valence-corrected chi connectivity index (χ0v) is 19.6. The lowest BCUT2D eigenvalue weighted by Crippen LogP contribution is -2.64. The smallest absolute Gasteiger partial charge is 0.410 e. The number of nitrogens with two attached hydrogens (primary N) is 1. The fourth-order valence-electron chi connectivity index (χ4n) is 5.39. The van der Waals surface area contributed by atoms with Gasteiger partial charge in [-0.25, -0.2) is 4.79 Å². The van der Waals surface area contributed by atoms with Gasteiger partial charge in [0.1, 0.15) is 5.60 Å². The average Bonchev–Trinajstić information content (AvgIpc) is 2.71. The van der Waals surface area contributed by atoms with E-state index in [0.29, 0.717) is 6.54 Å². The summed E-state index contributed by atoms with van der Waals surface area (Å²) in [4.78, 5) is 31.2. The van der Waals surface area contributed by atoms with E-state index in [4.69, 9.17) is 10.5 Å². The first-order valence-corrected chi connectivity index (χ1v) is 11.4. The maximum atomic E-state index is 12.7. The average molecular weight is 429 g/mol. The van der Waals surface area contributed by atoms with Gasteiger partial charge in [0, 0.05) is 49.5 Å². The Morgan fingerprint density at radius 1 is 1.10 bits per heavy atom. The first-order valence-electron chi connectivity index (χ1n) is 11.4. The van der Waals surface area contributed by atoms with E-state index < -0.39 is 5.60 Å². The first kappa shape index (κ1) is 21.9. The third-order valence-electron chi connectivity index (χ3n) is 7.19. The van der Waals surface area contributed by atoms with Gasteiger partial charge in [0.2, 0.25) is 5.91 Å². The van der Waals surface area contributed by atoms with Crippen molar-refractivity contribution >= 4 is 23.4 Å². The van der Waals surface area contributed by atoms with Crippen molar-refractivity contribution in [2.45, 2.75) is 84.2 Å². The van der Waals surface area contributed by atoms with Gasteiger partial charge in [-0.3, -0.25) is 4.79 Å². The molecule has 2 N–H and O–H groups in total. The van der Waals surface area contributed by atoms with Gasteiger partial charge in [-0.05, 0) is 70.2 Å². The predicted molar refractivity (Wildman–Crippen MR) is 122 cm³/mol. The SMILES string of the molecule is CC(=O)N1c2ccc(N3CC4CCC3CN4C(=O)OC(C)(C)C)cc2C(N)C(C)C1C.